The second-order valence-electron chi connectivity index (χ2n) is 4.30. The molecule has 0 fully saturated rings. The van der Waals surface area contributed by atoms with Gasteiger partial charge in [0.1, 0.15) is 5.92 Å². The van der Waals surface area contributed by atoms with Crippen LogP contribution < -0.4 is 0 Å². The highest BCUT2D eigenvalue weighted by molar-refractivity contribution is 14.1. The van der Waals surface area contributed by atoms with E-state index in [2.05, 4.69) is 22.6 Å². The highest BCUT2D eigenvalue weighted by Gasteiger charge is 2.26. The number of hydrogen-bond donors (Lipinski definition) is 0. The molecule has 0 aliphatic carbocycles. The van der Waals surface area contributed by atoms with Crippen LogP contribution in [-0.2, 0) is 9.53 Å². The predicted octanol–water partition coefficient (Wildman–Crippen LogP) is 4.42. The van der Waals surface area contributed by atoms with Gasteiger partial charge in [-0.05, 0) is 20.8 Å². The fraction of sp³-hybridized carbons (Fsp3) is 0.118. The number of rotatable bonds is 4. The molecule has 2 aromatic rings. The fourth-order valence-corrected chi connectivity index (χ4v) is 2.85. The van der Waals surface area contributed by atoms with Crippen LogP contribution in [0.15, 0.2) is 64.7 Å². The fourth-order valence-electron chi connectivity index (χ4n) is 2.13. The molecule has 3 heteroatoms. The molecule has 102 valence electrons. The molecule has 0 saturated heterocycles. The number of benzene rings is 2. The van der Waals surface area contributed by atoms with Crippen molar-refractivity contribution in [2.45, 2.75) is 5.92 Å². The van der Waals surface area contributed by atoms with Crippen molar-refractivity contribution < 1.29 is 9.53 Å². The van der Waals surface area contributed by atoms with Crippen molar-refractivity contribution in [1.29, 1.82) is 0 Å². The Hall–Kier alpha value is -1.62. The lowest BCUT2D eigenvalue weighted by Gasteiger charge is -2.18. The van der Waals surface area contributed by atoms with Crippen LogP contribution in [0.2, 0.25) is 0 Å². The van der Waals surface area contributed by atoms with Crippen LogP contribution in [-0.4, -0.2) is 13.1 Å². The van der Waals surface area contributed by atoms with Gasteiger partial charge < -0.3 is 4.74 Å². The number of hydrogen-bond acceptors (Lipinski definition) is 2. The highest BCUT2D eigenvalue weighted by Crippen LogP contribution is 2.34. The number of esters is 1. The molecule has 0 N–H and O–H groups in total. The Kier molecular flexibility index (Phi) is 5.35. The first kappa shape index (κ1) is 14.8. The molecule has 1 atom stereocenters. The Bertz CT molecular complexity index is 591. The molecule has 0 spiro atoms. The van der Waals surface area contributed by atoms with Gasteiger partial charge in [-0.15, -0.1) is 0 Å². The summed E-state index contributed by atoms with van der Waals surface area (Å²) in [6, 6.07) is 19.6. The summed E-state index contributed by atoms with van der Waals surface area (Å²) in [6.45, 7) is 0. The van der Waals surface area contributed by atoms with E-state index >= 15 is 0 Å². The second kappa shape index (κ2) is 7.24. The lowest BCUT2D eigenvalue weighted by atomic mass is 9.88. The van der Waals surface area contributed by atoms with Crippen LogP contribution >= 0.6 is 22.6 Å². The molecule has 0 aliphatic heterocycles. The zero-order chi connectivity index (χ0) is 14.4. The Morgan fingerprint density at radius 2 is 1.60 bits per heavy atom. The quantitative estimate of drug-likeness (QED) is 0.582. The molecular weight excluding hydrogens is 363 g/mol. The average Bonchev–Trinajstić information content (AvgIpc) is 2.53. The van der Waals surface area contributed by atoms with Crippen LogP contribution in [0.25, 0.3) is 5.57 Å². The Morgan fingerprint density at radius 3 is 2.10 bits per heavy atom. The van der Waals surface area contributed by atoms with Crippen molar-refractivity contribution in [3.63, 3.8) is 0 Å². The maximum atomic E-state index is 12.2. The highest BCUT2D eigenvalue weighted by atomic mass is 127. The Morgan fingerprint density at radius 1 is 1.05 bits per heavy atom. The van der Waals surface area contributed by atoms with E-state index in [1.807, 2.05) is 64.7 Å². The van der Waals surface area contributed by atoms with Gasteiger partial charge in [-0.25, -0.2) is 0 Å². The minimum absolute atomic E-state index is 0.247. The maximum absolute atomic E-state index is 12.2. The molecule has 2 aromatic carbocycles. The van der Waals surface area contributed by atoms with Gasteiger partial charge in [0.15, 0.2) is 0 Å². The standard InChI is InChI=1S/C17H15IO2/c1-20-17(19)16(14-10-6-3-7-11-14)15(12-18)13-8-4-2-5-9-13/h2-12,16H,1H3/b15-12+. The summed E-state index contributed by atoms with van der Waals surface area (Å²) in [6.07, 6.45) is 0. The minimum Gasteiger partial charge on any atom is -0.468 e. The van der Waals surface area contributed by atoms with Gasteiger partial charge in [0.2, 0.25) is 0 Å². The molecule has 0 aliphatic rings. The molecule has 1 unspecified atom stereocenters. The first-order valence-electron chi connectivity index (χ1n) is 6.26. The summed E-state index contributed by atoms with van der Waals surface area (Å²) in [5, 5.41) is 0. The zero-order valence-electron chi connectivity index (χ0n) is 11.1. The molecule has 2 rings (SSSR count). The van der Waals surface area contributed by atoms with Crippen molar-refractivity contribution in [3.05, 3.63) is 75.9 Å². The molecular formula is C17H15IO2. The summed E-state index contributed by atoms with van der Waals surface area (Å²) >= 11 is 2.17. The Balaban J connectivity index is 2.49. The number of ether oxygens (including phenoxy) is 1. The largest absolute Gasteiger partial charge is 0.468 e. The first-order chi connectivity index (χ1) is 9.77. The van der Waals surface area contributed by atoms with Crippen molar-refractivity contribution in [2.24, 2.45) is 0 Å². The van der Waals surface area contributed by atoms with Gasteiger partial charge in [0, 0.05) is 0 Å². The molecule has 0 amide bonds. The van der Waals surface area contributed by atoms with Crippen LogP contribution in [0.4, 0.5) is 0 Å². The van der Waals surface area contributed by atoms with E-state index in [4.69, 9.17) is 4.74 Å². The van der Waals surface area contributed by atoms with E-state index in [0.29, 0.717) is 0 Å². The lowest BCUT2D eigenvalue weighted by molar-refractivity contribution is -0.140. The third-order valence-corrected chi connectivity index (χ3v) is 3.78. The van der Waals surface area contributed by atoms with E-state index in [1.165, 1.54) is 7.11 Å². The van der Waals surface area contributed by atoms with E-state index in [9.17, 15) is 4.79 Å². The molecule has 20 heavy (non-hydrogen) atoms. The number of carbonyl (C=O) groups excluding carboxylic acids is 1. The van der Waals surface area contributed by atoms with E-state index < -0.39 is 5.92 Å². The van der Waals surface area contributed by atoms with Gasteiger partial charge in [-0.1, -0.05) is 83.3 Å². The first-order valence-corrected chi connectivity index (χ1v) is 7.51. The summed E-state index contributed by atoms with van der Waals surface area (Å²) < 4.78 is 6.93. The van der Waals surface area contributed by atoms with E-state index in [-0.39, 0.29) is 5.97 Å². The Labute approximate surface area is 132 Å². The van der Waals surface area contributed by atoms with Gasteiger partial charge in [0.05, 0.1) is 7.11 Å². The second-order valence-corrected chi connectivity index (χ2v) is 4.92. The van der Waals surface area contributed by atoms with Crippen LogP contribution in [0.3, 0.4) is 0 Å². The third kappa shape index (κ3) is 3.28. The van der Waals surface area contributed by atoms with Crippen LogP contribution in [0, 0.1) is 0 Å². The smallest absolute Gasteiger partial charge is 0.317 e. The molecule has 2 nitrogen and oxygen atoms in total. The molecule has 0 heterocycles. The molecule has 0 aromatic heterocycles. The van der Waals surface area contributed by atoms with Gasteiger partial charge >= 0.3 is 5.97 Å². The number of halogens is 1. The molecule has 0 saturated carbocycles. The molecule has 0 bridgehead atoms. The number of methoxy groups -OCH3 is 1. The summed E-state index contributed by atoms with van der Waals surface area (Å²) in [4.78, 5) is 12.2. The summed E-state index contributed by atoms with van der Waals surface area (Å²) in [7, 11) is 1.42. The van der Waals surface area contributed by atoms with Crippen molar-refractivity contribution in [3.8, 4) is 0 Å². The SMILES string of the molecule is COC(=O)C(/C(=C/I)c1ccccc1)c1ccccc1. The monoisotopic (exact) mass is 378 g/mol. The average molecular weight is 378 g/mol. The summed E-state index contributed by atoms with van der Waals surface area (Å²) in [5.41, 5.74) is 2.91. The van der Waals surface area contributed by atoms with Crippen LogP contribution in [0.5, 0.6) is 0 Å². The minimum atomic E-state index is -0.402. The van der Waals surface area contributed by atoms with Crippen molar-refractivity contribution in [1.82, 2.24) is 0 Å². The maximum Gasteiger partial charge on any atom is 0.317 e. The zero-order valence-corrected chi connectivity index (χ0v) is 13.3. The van der Waals surface area contributed by atoms with Crippen LogP contribution in [0.1, 0.15) is 17.0 Å². The number of carbonyl (C=O) groups is 1. The van der Waals surface area contributed by atoms with Gasteiger partial charge in [-0.2, -0.15) is 0 Å². The predicted molar refractivity (Wildman–Crippen MR) is 89.6 cm³/mol. The van der Waals surface area contributed by atoms with E-state index in [1.54, 1.807) is 0 Å². The summed E-state index contributed by atoms with van der Waals surface area (Å²) in [5.74, 6) is -0.650. The lowest BCUT2D eigenvalue weighted by Crippen LogP contribution is -2.16. The molecule has 0 radical (unpaired) electrons. The van der Waals surface area contributed by atoms with E-state index in [0.717, 1.165) is 16.7 Å². The van der Waals surface area contributed by atoms with Gasteiger partial charge in [0.25, 0.3) is 0 Å². The normalized spacial score (nSPS) is 12.8. The van der Waals surface area contributed by atoms with Crippen molar-refractivity contribution in [2.75, 3.05) is 7.11 Å². The van der Waals surface area contributed by atoms with Crippen molar-refractivity contribution >= 4 is 34.1 Å². The topological polar surface area (TPSA) is 26.3 Å². The van der Waals surface area contributed by atoms with Gasteiger partial charge in [-0.3, -0.25) is 4.79 Å². The third-order valence-electron chi connectivity index (χ3n) is 3.11.